The highest BCUT2D eigenvalue weighted by atomic mass is 15.1. The van der Waals surface area contributed by atoms with E-state index in [2.05, 4.69) is 32.6 Å². The molecule has 0 saturated heterocycles. The lowest BCUT2D eigenvalue weighted by Gasteiger charge is -2.25. The predicted octanol–water partition coefficient (Wildman–Crippen LogP) is 3.12. The van der Waals surface area contributed by atoms with Crippen molar-refractivity contribution in [2.24, 2.45) is 17.6 Å². The lowest BCUT2D eigenvalue weighted by Crippen LogP contribution is -2.30. The molecular formula is C14H32N2. The lowest BCUT2D eigenvalue weighted by atomic mass is 10.0. The van der Waals surface area contributed by atoms with Gasteiger partial charge in [0.25, 0.3) is 0 Å². The Kier molecular flexibility index (Phi) is 10.0. The van der Waals surface area contributed by atoms with Gasteiger partial charge in [0.15, 0.2) is 0 Å². The highest BCUT2D eigenvalue weighted by Crippen LogP contribution is 2.11. The maximum atomic E-state index is 5.63. The molecule has 0 bridgehead atoms. The van der Waals surface area contributed by atoms with Crippen LogP contribution in [0.3, 0.4) is 0 Å². The van der Waals surface area contributed by atoms with Crippen LogP contribution in [-0.4, -0.2) is 31.1 Å². The van der Waals surface area contributed by atoms with Crippen LogP contribution in [0.1, 0.15) is 53.4 Å². The molecule has 0 aromatic rings. The number of nitrogens with zero attached hydrogens (tertiary/aromatic N) is 1. The summed E-state index contributed by atoms with van der Waals surface area (Å²) in [6, 6.07) is 0. The third-order valence-corrected chi connectivity index (χ3v) is 3.69. The molecule has 16 heavy (non-hydrogen) atoms. The van der Waals surface area contributed by atoms with Crippen molar-refractivity contribution in [3.8, 4) is 0 Å². The van der Waals surface area contributed by atoms with Crippen molar-refractivity contribution in [2.75, 3.05) is 26.2 Å². The first-order valence-corrected chi connectivity index (χ1v) is 7.10. The molecule has 2 heteroatoms. The van der Waals surface area contributed by atoms with Crippen molar-refractivity contribution in [1.82, 2.24) is 4.90 Å². The molecule has 98 valence electrons. The first kappa shape index (κ1) is 15.9. The molecule has 0 amide bonds. The van der Waals surface area contributed by atoms with Gasteiger partial charge in [-0.25, -0.2) is 0 Å². The third kappa shape index (κ3) is 7.24. The van der Waals surface area contributed by atoms with Crippen LogP contribution in [0.15, 0.2) is 0 Å². The first-order chi connectivity index (χ1) is 7.67. The summed E-state index contributed by atoms with van der Waals surface area (Å²) in [5, 5.41) is 0. The van der Waals surface area contributed by atoms with Crippen LogP contribution in [0.2, 0.25) is 0 Å². The van der Waals surface area contributed by atoms with Gasteiger partial charge in [0, 0.05) is 6.54 Å². The topological polar surface area (TPSA) is 29.3 Å². The number of hydrogen-bond donors (Lipinski definition) is 1. The minimum Gasteiger partial charge on any atom is -0.330 e. The maximum absolute atomic E-state index is 5.63. The second-order valence-electron chi connectivity index (χ2n) is 5.06. The summed E-state index contributed by atoms with van der Waals surface area (Å²) < 4.78 is 0. The Hall–Kier alpha value is -0.0800. The molecule has 0 rings (SSSR count). The molecule has 0 saturated carbocycles. The summed E-state index contributed by atoms with van der Waals surface area (Å²) in [5.41, 5.74) is 5.63. The van der Waals surface area contributed by atoms with Gasteiger partial charge < -0.3 is 10.6 Å². The molecule has 0 aliphatic rings. The molecule has 0 aromatic carbocycles. The largest absolute Gasteiger partial charge is 0.330 e. The van der Waals surface area contributed by atoms with E-state index in [0.29, 0.717) is 5.92 Å². The van der Waals surface area contributed by atoms with E-state index in [9.17, 15) is 0 Å². The molecule has 0 aliphatic carbocycles. The van der Waals surface area contributed by atoms with Gasteiger partial charge in [0.2, 0.25) is 0 Å². The minimum atomic E-state index is 0.687. The fraction of sp³-hybridized carbons (Fsp3) is 1.00. The van der Waals surface area contributed by atoms with Crippen LogP contribution >= 0.6 is 0 Å². The van der Waals surface area contributed by atoms with Crippen molar-refractivity contribution in [3.05, 3.63) is 0 Å². The van der Waals surface area contributed by atoms with Gasteiger partial charge in [-0.3, -0.25) is 0 Å². The van der Waals surface area contributed by atoms with E-state index in [1.807, 2.05) is 0 Å². The molecule has 2 N–H and O–H groups in total. The van der Waals surface area contributed by atoms with Crippen molar-refractivity contribution >= 4 is 0 Å². The summed E-state index contributed by atoms with van der Waals surface area (Å²) in [7, 11) is 0. The quantitative estimate of drug-likeness (QED) is 0.622. The highest BCUT2D eigenvalue weighted by Gasteiger charge is 2.09. The molecule has 0 radical (unpaired) electrons. The van der Waals surface area contributed by atoms with Gasteiger partial charge in [-0.1, -0.05) is 40.5 Å². The summed E-state index contributed by atoms with van der Waals surface area (Å²) >= 11 is 0. The smallest absolute Gasteiger partial charge is 0.000934 e. The van der Waals surface area contributed by atoms with Gasteiger partial charge in [-0.05, 0) is 44.3 Å². The fourth-order valence-electron chi connectivity index (χ4n) is 2.07. The Bertz CT molecular complexity index is 144. The second kappa shape index (κ2) is 10.1. The van der Waals surface area contributed by atoms with E-state index in [4.69, 9.17) is 5.73 Å². The zero-order chi connectivity index (χ0) is 12.4. The Morgan fingerprint density at radius 1 is 1.12 bits per heavy atom. The zero-order valence-corrected chi connectivity index (χ0v) is 11.8. The van der Waals surface area contributed by atoms with Gasteiger partial charge in [0.05, 0.1) is 0 Å². The van der Waals surface area contributed by atoms with Gasteiger partial charge >= 0.3 is 0 Å². The SMILES string of the molecule is CCC(CC)CN(CC)CCCC(C)CN. The minimum absolute atomic E-state index is 0.687. The average molecular weight is 228 g/mol. The fourth-order valence-corrected chi connectivity index (χ4v) is 2.07. The molecule has 0 aromatic heterocycles. The van der Waals surface area contributed by atoms with E-state index in [1.54, 1.807) is 0 Å². The molecule has 1 atom stereocenters. The number of rotatable bonds is 10. The number of nitrogens with two attached hydrogens (primary N) is 1. The van der Waals surface area contributed by atoms with E-state index in [-0.39, 0.29) is 0 Å². The maximum Gasteiger partial charge on any atom is 0.000934 e. The van der Waals surface area contributed by atoms with Crippen molar-refractivity contribution in [2.45, 2.75) is 53.4 Å². The van der Waals surface area contributed by atoms with Crippen LogP contribution in [0.25, 0.3) is 0 Å². The van der Waals surface area contributed by atoms with Gasteiger partial charge in [-0.2, -0.15) is 0 Å². The van der Waals surface area contributed by atoms with Crippen LogP contribution in [0.4, 0.5) is 0 Å². The summed E-state index contributed by atoms with van der Waals surface area (Å²) in [6.45, 7) is 13.7. The Morgan fingerprint density at radius 2 is 1.75 bits per heavy atom. The van der Waals surface area contributed by atoms with Crippen molar-refractivity contribution in [3.63, 3.8) is 0 Å². The number of hydrogen-bond acceptors (Lipinski definition) is 2. The van der Waals surface area contributed by atoms with E-state index in [0.717, 1.165) is 12.5 Å². The van der Waals surface area contributed by atoms with E-state index < -0.39 is 0 Å². The van der Waals surface area contributed by atoms with Crippen LogP contribution in [-0.2, 0) is 0 Å². The first-order valence-electron chi connectivity index (χ1n) is 7.10. The second-order valence-corrected chi connectivity index (χ2v) is 5.06. The van der Waals surface area contributed by atoms with Crippen LogP contribution in [0.5, 0.6) is 0 Å². The molecule has 1 unspecified atom stereocenters. The average Bonchev–Trinajstić information content (AvgIpc) is 2.33. The Morgan fingerprint density at radius 3 is 2.19 bits per heavy atom. The monoisotopic (exact) mass is 228 g/mol. The summed E-state index contributed by atoms with van der Waals surface area (Å²) in [4.78, 5) is 2.60. The van der Waals surface area contributed by atoms with Crippen molar-refractivity contribution in [1.29, 1.82) is 0 Å². The standard InChI is InChI=1S/C14H32N2/c1-5-14(6-2)12-16(7-3)10-8-9-13(4)11-15/h13-14H,5-12,15H2,1-4H3. The van der Waals surface area contributed by atoms with E-state index in [1.165, 1.54) is 45.3 Å². The summed E-state index contributed by atoms with van der Waals surface area (Å²) in [6.07, 6.45) is 5.20. The molecule has 0 aliphatic heterocycles. The highest BCUT2D eigenvalue weighted by molar-refractivity contribution is 4.64. The molecule has 0 spiro atoms. The molecule has 2 nitrogen and oxygen atoms in total. The molecule has 0 heterocycles. The normalized spacial score (nSPS) is 13.7. The van der Waals surface area contributed by atoms with Crippen molar-refractivity contribution < 1.29 is 0 Å². The third-order valence-electron chi connectivity index (χ3n) is 3.69. The van der Waals surface area contributed by atoms with Gasteiger partial charge in [-0.15, -0.1) is 0 Å². The van der Waals surface area contributed by atoms with E-state index >= 15 is 0 Å². The predicted molar refractivity (Wildman–Crippen MR) is 73.6 cm³/mol. The molecular weight excluding hydrogens is 196 g/mol. The summed E-state index contributed by atoms with van der Waals surface area (Å²) in [5.74, 6) is 1.57. The lowest BCUT2D eigenvalue weighted by molar-refractivity contribution is 0.226. The molecule has 0 fully saturated rings. The Labute approximate surface area is 103 Å². The van der Waals surface area contributed by atoms with Crippen LogP contribution in [0, 0.1) is 11.8 Å². The van der Waals surface area contributed by atoms with Crippen LogP contribution < -0.4 is 5.73 Å². The van der Waals surface area contributed by atoms with Gasteiger partial charge in [0.1, 0.15) is 0 Å². The Balaban J connectivity index is 3.73. The zero-order valence-electron chi connectivity index (χ0n) is 11.8.